The number of halogens is 3. The highest BCUT2D eigenvalue weighted by Crippen LogP contribution is 2.14. The minimum atomic E-state index is -5.08. The molecule has 0 aromatic carbocycles. The molecule has 22 nitrogen and oxygen atoms in total. The predicted octanol–water partition coefficient (Wildman–Crippen LogP) is -1.22. The van der Waals surface area contributed by atoms with E-state index in [2.05, 4.69) is 47.5 Å². The summed E-state index contributed by atoms with van der Waals surface area (Å²) in [5.74, 6) is -9.24. The van der Waals surface area contributed by atoms with Gasteiger partial charge in [0.05, 0.1) is 12.6 Å². The molecule has 0 aromatic heterocycles. The zero-order valence-corrected chi connectivity index (χ0v) is 38.9. The molecule has 0 aliphatic carbocycles. The van der Waals surface area contributed by atoms with Crippen LogP contribution < -0.4 is 54.0 Å². The Morgan fingerprint density at radius 3 is 1.45 bits per heavy atom. The van der Waals surface area contributed by atoms with Gasteiger partial charge in [0, 0.05) is 20.0 Å². The molecule has 0 saturated heterocycles. The molecule has 0 heterocycles. The second kappa shape index (κ2) is 31.2. The number of rotatable bonds is 27. The number of carboxylic acids is 1. The van der Waals surface area contributed by atoms with E-state index in [0.29, 0.717) is 32.2 Å². The smallest absolute Gasteiger partial charge is 0.475 e. The molecule has 0 radical (unpaired) electrons. The van der Waals surface area contributed by atoms with Gasteiger partial charge in [-0.1, -0.05) is 67.7 Å². The van der Waals surface area contributed by atoms with Crippen molar-refractivity contribution < 1.29 is 66.5 Å². The van der Waals surface area contributed by atoms with E-state index >= 15 is 0 Å². The van der Waals surface area contributed by atoms with E-state index in [-0.39, 0.29) is 31.9 Å². The molecule has 0 aromatic rings. The summed E-state index contributed by atoms with van der Waals surface area (Å²) in [4.78, 5) is 118. The third-order valence-electron chi connectivity index (χ3n) is 9.79. The largest absolute Gasteiger partial charge is 0.490 e. The molecular formula is C40H72F3N11O11. The molecule has 65 heavy (non-hydrogen) atoms. The number of nitrogens with zero attached hydrogens (tertiary/aromatic N) is 1. The molecule has 8 amide bonds. The Morgan fingerprint density at radius 2 is 1.05 bits per heavy atom. The number of carboxylic acid groups (broad SMARTS) is 1. The van der Waals surface area contributed by atoms with Gasteiger partial charge in [-0.05, 0) is 50.9 Å². The highest BCUT2D eigenvalue weighted by atomic mass is 19.4. The van der Waals surface area contributed by atoms with Gasteiger partial charge < -0.3 is 64.2 Å². The van der Waals surface area contributed by atoms with Crippen LogP contribution in [0.3, 0.4) is 0 Å². The number of carbonyl (C=O) groups is 9. The fourth-order valence-electron chi connectivity index (χ4n) is 5.66. The molecule has 0 unspecified atom stereocenters. The fraction of sp³-hybridized carbons (Fsp3) is 0.750. The lowest BCUT2D eigenvalue weighted by Crippen LogP contribution is -2.63. The first-order chi connectivity index (χ1) is 30.1. The van der Waals surface area contributed by atoms with Crippen molar-refractivity contribution in [3.63, 3.8) is 0 Å². The van der Waals surface area contributed by atoms with Crippen molar-refractivity contribution in [3.05, 3.63) is 0 Å². The topological polar surface area (TPSA) is 355 Å². The first-order valence-corrected chi connectivity index (χ1v) is 21.5. The molecule has 0 rings (SSSR count). The number of hydrogen-bond donors (Lipinski definition) is 12. The van der Waals surface area contributed by atoms with Crippen molar-refractivity contribution in [2.45, 2.75) is 156 Å². The summed E-state index contributed by atoms with van der Waals surface area (Å²) in [6.07, 6.45) is -4.46. The SMILES string of the molecule is CCC[C@H](NC(=O)[C@@H](NC(=O)[C@H](NC(=O)[C@@H](NC(=O)CNC(C)=O)C(C)C)[C@@H](C)CC)[C@@H](C)O)C(=O)N[C@H](C(=O)N[C@@H](CCCN=C(N)N)C(=O)NCC)[C@@H](C)CC.O=C(O)C(F)(F)F. The van der Waals surface area contributed by atoms with Crippen LogP contribution >= 0.6 is 0 Å². The molecule has 374 valence electrons. The second-order valence-electron chi connectivity index (χ2n) is 15.7. The summed E-state index contributed by atoms with van der Waals surface area (Å²) in [6.45, 7) is 16.7. The summed E-state index contributed by atoms with van der Waals surface area (Å²) < 4.78 is 31.7. The monoisotopic (exact) mass is 940 g/mol. The molecule has 0 aliphatic heterocycles. The van der Waals surface area contributed by atoms with Crippen LogP contribution in [0.4, 0.5) is 13.2 Å². The summed E-state index contributed by atoms with van der Waals surface area (Å²) in [6, 6.07) is -7.06. The van der Waals surface area contributed by atoms with Crippen molar-refractivity contribution in [1.82, 2.24) is 42.5 Å². The Morgan fingerprint density at radius 1 is 0.615 bits per heavy atom. The van der Waals surface area contributed by atoms with Gasteiger partial charge in [0.2, 0.25) is 47.3 Å². The number of alkyl halides is 3. The number of nitrogens with two attached hydrogens (primary N) is 2. The van der Waals surface area contributed by atoms with Gasteiger partial charge in [-0.2, -0.15) is 13.2 Å². The molecule has 0 saturated carbocycles. The van der Waals surface area contributed by atoms with E-state index < -0.39 is 120 Å². The van der Waals surface area contributed by atoms with E-state index in [0.717, 1.165) is 0 Å². The predicted molar refractivity (Wildman–Crippen MR) is 233 cm³/mol. The lowest BCUT2D eigenvalue weighted by molar-refractivity contribution is -0.192. The van der Waals surface area contributed by atoms with E-state index in [4.69, 9.17) is 21.4 Å². The highest BCUT2D eigenvalue weighted by molar-refractivity contribution is 5.97. The molecule has 0 bridgehead atoms. The normalized spacial score (nSPS) is 15.2. The van der Waals surface area contributed by atoms with E-state index in [9.17, 15) is 56.6 Å². The van der Waals surface area contributed by atoms with Crippen molar-refractivity contribution in [2.24, 2.45) is 34.2 Å². The number of amides is 8. The quantitative estimate of drug-likeness (QED) is 0.0262. The maximum atomic E-state index is 13.8. The van der Waals surface area contributed by atoms with Crippen LogP contribution in [-0.2, 0) is 43.2 Å². The van der Waals surface area contributed by atoms with Crippen molar-refractivity contribution in [1.29, 1.82) is 0 Å². The third-order valence-corrected chi connectivity index (χ3v) is 9.79. The second-order valence-corrected chi connectivity index (χ2v) is 15.7. The Labute approximate surface area is 377 Å². The number of aliphatic carboxylic acids is 1. The zero-order chi connectivity index (χ0) is 50.8. The van der Waals surface area contributed by atoms with Crippen LogP contribution in [0.2, 0.25) is 0 Å². The average molecular weight is 940 g/mol. The molecular weight excluding hydrogens is 867 g/mol. The van der Waals surface area contributed by atoms with Crippen LogP contribution in [-0.4, -0.2) is 138 Å². The summed E-state index contributed by atoms with van der Waals surface area (Å²) in [7, 11) is 0. The number of hydrogen-bond acceptors (Lipinski definition) is 11. The van der Waals surface area contributed by atoms with Crippen LogP contribution in [0.25, 0.3) is 0 Å². The molecule has 25 heteroatoms. The van der Waals surface area contributed by atoms with Gasteiger partial charge in [0.15, 0.2) is 5.96 Å². The van der Waals surface area contributed by atoms with Crippen LogP contribution in [0.1, 0.15) is 108 Å². The maximum absolute atomic E-state index is 13.8. The summed E-state index contributed by atoms with van der Waals surface area (Å²) in [5.41, 5.74) is 10.8. The first kappa shape index (κ1) is 61.3. The van der Waals surface area contributed by atoms with Crippen molar-refractivity contribution in [2.75, 3.05) is 19.6 Å². The lowest BCUT2D eigenvalue weighted by atomic mass is 9.95. The van der Waals surface area contributed by atoms with Gasteiger partial charge in [0.1, 0.15) is 36.3 Å². The first-order valence-electron chi connectivity index (χ1n) is 21.5. The van der Waals surface area contributed by atoms with Gasteiger partial charge >= 0.3 is 12.1 Å². The van der Waals surface area contributed by atoms with E-state index in [1.807, 2.05) is 6.92 Å². The van der Waals surface area contributed by atoms with Crippen molar-refractivity contribution in [3.8, 4) is 0 Å². The summed E-state index contributed by atoms with van der Waals surface area (Å²) >= 11 is 0. The highest BCUT2D eigenvalue weighted by Gasteiger charge is 2.39. The minimum Gasteiger partial charge on any atom is -0.475 e. The molecule has 0 fully saturated rings. The Kier molecular flexibility index (Phi) is 29.4. The Balaban J connectivity index is 0. The Bertz CT molecular complexity index is 1610. The number of aliphatic hydroxyl groups is 1. The number of aliphatic imine (C=N–C) groups is 1. The fourth-order valence-corrected chi connectivity index (χ4v) is 5.66. The van der Waals surface area contributed by atoms with Crippen LogP contribution in [0.15, 0.2) is 4.99 Å². The number of guanidine groups is 1. The molecule has 0 spiro atoms. The standard InChI is InChI=1S/C38H71N11O9.C2HF3O2/c1-11-16-25(33(54)47-29(21(7)12-2)35(56)45-26(32(53)41-14-4)17-15-18-42-38(39)40)44-37(58)31(23(9)50)49-36(57)30(22(8)13-3)48-34(55)28(20(5)6)46-27(52)19-43-24(10)51;3-2(4,5)1(6)7/h20-23,25-26,28-31,50H,11-19H2,1-10H3,(H,41,53)(H,43,51)(H,44,58)(H,45,56)(H,46,52)(H,47,54)(H,48,55)(H,49,57)(H4,39,40,42);(H,6,7)/t21-,22-,23+,25-,26-,28-,29-,30+,31-;/m0./s1. The zero-order valence-electron chi connectivity index (χ0n) is 38.9. The van der Waals surface area contributed by atoms with Crippen molar-refractivity contribution >= 4 is 59.2 Å². The number of nitrogens with one attached hydrogen (secondary N) is 8. The minimum absolute atomic E-state index is 0.103. The van der Waals surface area contributed by atoms with Gasteiger partial charge in [-0.3, -0.25) is 43.3 Å². The van der Waals surface area contributed by atoms with Gasteiger partial charge in [-0.25, -0.2) is 4.79 Å². The van der Waals surface area contributed by atoms with E-state index in [1.165, 1.54) is 13.8 Å². The maximum Gasteiger partial charge on any atom is 0.490 e. The third kappa shape index (κ3) is 24.8. The van der Waals surface area contributed by atoms with E-state index in [1.54, 1.807) is 48.5 Å². The summed E-state index contributed by atoms with van der Waals surface area (Å²) in [5, 5.41) is 38.7. The molecule has 14 N–H and O–H groups in total. The average Bonchev–Trinajstić information content (AvgIpc) is 3.21. The molecule has 0 aliphatic rings. The molecule has 9 atom stereocenters. The Hall–Kier alpha value is -5.75. The van der Waals surface area contributed by atoms with Gasteiger partial charge in [-0.15, -0.1) is 0 Å². The van der Waals surface area contributed by atoms with Gasteiger partial charge in [0.25, 0.3) is 0 Å². The van der Waals surface area contributed by atoms with Crippen LogP contribution in [0, 0.1) is 17.8 Å². The van der Waals surface area contributed by atoms with Crippen LogP contribution in [0.5, 0.6) is 0 Å². The number of likely N-dealkylation sites (N-methyl/N-ethyl adjacent to an activating group) is 1. The number of aliphatic hydroxyl groups excluding tert-OH is 1. The lowest BCUT2D eigenvalue weighted by Gasteiger charge is -2.31. The number of carbonyl (C=O) groups excluding carboxylic acids is 8.